The molecule has 1 fully saturated rings. The van der Waals surface area contributed by atoms with Crippen LogP contribution in [0.25, 0.3) is 0 Å². The molecule has 1 rings (SSSR count). The molecule has 2 atom stereocenters. The van der Waals surface area contributed by atoms with Crippen molar-refractivity contribution in [3.8, 4) is 0 Å². The van der Waals surface area contributed by atoms with Gasteiger partial charge in [-0.25, -0.2) is 0 Å². The van der Waals surface area contributed by atoms with Crippen LogP contribution >= 0.6 is 0 Å². The first-order valence-electron chi connectivity index (χ1n) is 5.57. The van der Waals surface area contributed by atoms with Crippen LogP contribution in [-0.4, -0.2) is 23.8 Å². The van der Waals surface area contributed by atoms with Crippen LogP contribution in [0.15, 0.2) is 0 Å². The third kappa shape index (κ3) is 3.66. The summed E-state index contributed by atoms with van der Waals surface area (Å²) in [4.78, 5) is 11.1. The summed E-state index contributed by atoms with van der Waals surface area (Å²) in [6.07, 6.45) is 5.30. The minimum Gasteiger partial charge on any atom is -0.466 e. The molecule has 0 radical (unpaired) electrons. The van der Waals surface area contributed by atoms with Crippen molar-refractivity contribution in [1.29, 1.82) is 0 Å². The molecule has 0 heterocycles. The number of aliphatic hydroxyl groups excluding tert-OH is 1. The zero-order valence-electron chi connectivity index (χ0n) is 8.87. The van der Waals surface area contributed by atoms with E-state index >= 15 is 0 Å². The predicted molar refractivity (Wildman–Crippen MR) is 53.8 cm³/mol. The molecule has 0 bridgehead atoms. The van der Waals surface area contributed by atoms with Gasteiger partial charge in [0.15, 0.2) is 0 Å². The minimum absolute atomic E-state index is 0.134. The van der Waals surface area contributed by atoms with Crippen molar-refractivity contribution < 1.29 is 14.6 Å². The zero-order valence-corrected chi connectivity index (χ0v) is 8.87. The second-order valence-corrected chi connectivity index (χ2v) is 3.96. The molecule has 1 aliphatic carbocycles. The molecule has 82 valence electrons. The monoisotopic (exact) mass is 200 g/mol. The Hall–Kier alpha value is -0.570. The van der Waals surface area contributed by atoms with E-state index in [0.717, 1.165) is 25.7 Å². The molecule has 0 aliphatic heterocycles. The van der Waals surface area contributed by atoms with Crippen molar-refractivity contribution in [2.45, 2.75) is 51.6 Å². The molecular formula is C11H20O3. The molecule has 14 heavy (non-hydrogen) atoms. The van der Waals surface area contributed by atoms with Crippen LogP contribution in [0.3, 0.4) is 0 Å². The Labute approximate surface area is 85.5 Å². The molecule has 1 unspecified atom stereocenters. The van der Waals surface area contributed by atoms with Crippen LogP contribution in [0, 0.1) is 5.92 Å². The zero-order chi connectivity index (χ0) is 10.4. The maximum atomic E-state index is 11.1. The second kappa shape index (κ2) is 6.02. The summed E-state index contributed by atoms with van der Waals surface area (Å²) in [5.74, 6) is 0.179. The fraction of sp³-hybridized carbons (Fsp3) is 0.909. The van der Waals surface area contributed by atoms with E-state index < -0.39 is 0 Å². The van der Waals surface area contributed by atoms with Gasteiger partial charge in [-0.2, -0.15) is 0 Å². The first-order valence-corrected chi connectivity index (χ1v) is 5.57. The Morgan fingerprint density at radius 1 is 1.43 bits per heavy atom. The third-order valence-electron chi connectivity index (χ3n) is 2.89. The lowest BCUT2D eigenvalue weighted by Gasteiger charge is -2.27. The van der Waals surface area contributed by atoms with E-state index in [1.165, 1.54) is 6.42 Å². The van der Waals surface area contributed by atoms with Gasteiger partial charge in [-0.3, -0.25) is 4.79 Å². The molecule has 1 N–H and O–H groups in total. The quantitative estimate of drug-likeness (QED) is 0.705. The molecule has 0 aromatic carbocycles. The highest BCUT2D eigenvalue weighted by Crippen LogP contribution is 2.27. The Kier molecular flexibility index (Phi) is 4.94. The number of hydrogen-bond acceptors (Lipinski definition) is 3. The standard InChI is InChI=1S/C11H20O3/c1-2-14-11(13)8-7-9-5-3-4-6-10(9)12/h9-10,12H,2-8H2,1H3/t9-,10?/m1/s1. The molecule has 0 aromatic rings. The maximum absolute atomic E-state index is 11.1. The van der Waals surface area contributed by atoms with Crippen molar-refractivity contribution >= 4 is 5.97 Å². The summed E-state index contributed by atoms with van der Waals surface area (Å²) in [5, 5.41) is 9.66. The van der Waals surface area contributed by atoms with E-state index in [0.29, 0.717) is 18.9 Å². The predicted octanol–water partition coefficient (Wildman–Crippen LogP) is 1.88. The summed E-state index contributed by atoms with van der Waals surface area (Å²) in [5.41, 5.74) is 0. The summed E-state index contributed by atoms with van der Waals surface area (Å²) < 4.78 is 4.85. The largest absolute Gasteiger partial charge is 0.466 e. The summed E-state index contributed by atoms with van der Waals surface area (Å²) in [7, 11) is 0. The van der Waals surface area contributed by atoms with E-state index in [2.05, 4.69) is 0 Å². The van der Waals surface area contributed by atoms with Crippen LogP contribution in [0.5, 0.6) is 0 Å². The Balaban J connectivity index is 2.19. The van der Waals surface area contributed by atoms with E-state index in [-0.39, 0.29) is 12.1 Å². The van der Waals surface area contributed by atoms with Gasteiger partial charge in [0.05, 0.1) is 12.7 Å². The fourth-order valence-corrected chi connectivity index (χ4v) is 2.06. The average molecular weight is 200 g/mol. The number of carbonyl (C=O) groups is 1. The molecule has 1 aliphatic rings. The maximum Gasteiger partial charge on any atom is 0.305 e. The van der Waals surface area contributed by atoms with E-state index in [1.807, 2.05) is 6.92 Å². The van der Waals surface area contributed by atoms with Crippen LogP contribution in [0.1, 0.15) is 45.4 Å². The Morgan fingerprint density at radius 2 is 2.14 bits per heavy atom. The van der Waals surface area contributed by atoms with Gasteiger partial charge in [-0.15, -0.1) is 0 Å². The van der Waals surface area contributed by atoms with Gasteiger partial charge in [0.25, 0.3) is 0 Å². The molecule has 0 saturated heterocycles. The fourth-order valence-electron chi connectivity index (χ4n) is 2.06. The topological polar surface area (TPSA) is 46.5 Å². The first kappa shape index (κ1) is 11.5. The Bertz CT molecular complexity index is 179. The van der Waals surface area contributed by atoms with Crippen molar-refractivity contribution in [2.24, 2.45) is 5.92 Å². The lowest BCUT2D eigenvalue weighted by atomic mass is 9.84. The van der Waals surface area contributed by atoms with Gasteiger partial charge < -0.3 is 9.84 Å². The molecule has 1 saturated carbocycles. The number of rotatable bonds is 4. The van der Waals surface area contributed by atoms with Crippen LogP contribution in [0.4, 0.5) is 0 Å². The minimum atomic E-state index is -0.196. The number of esters is 1. The first-order chi connectivity index (χ1) is 6.74. The molecule has 0 aromatic heterocycles. The number of carbonyl (C=O) groups excluding carboxylic acids is 1. The molecule has 3 nitrogen and oxygen atoms in total. The highest BCUT2D eigenvalue weighted by Gasteiger charge is 2.23. The Morgan fingerprint density at radius 3 is 2.79 bits per heavy atom. The normalized spacial score (nSPS) is 27.3. The lowest BCUT2D eigenvalue weighted by Crippen LogP contribution is -2.25. The molecule has 0 spiro atoms. The van der Waals surface area contributed by atoms with Crippen molar-refractivity contribution in [2.75, 3.05) is 6.61 Å². The van der Waals surface area contributed by atoms with Gasteiger partial charge in [-0.1, -0.05) is 12.8 Å². The van der Waals surface area contributed by atoms with Gasteiger partial charge >= 0.3 is 5.97 Å². The van der Waals surface area contributed by atoms with Gasteiger partial charge in [0.1, 0.15) is 0 Å². The molecule has 3 heteroatoms. The summed E-state index contributed by atoms with van der Waals surface area (Å²) in [6.45, 7) is 2.26. The summed E-state index contributed by atoms with van der Waals surface area (Å²) >= 11 is 0. The van der Waals surface area contributed by atoms with Gasteiger partial charge in [0, 0.05) is 6.42 Å². The summed E-state index contributed by atoms with van der Waals surface area (Å²) in [6, 6.07) is 0. The van der Waals surface area contributed by atoms with Gasteiger partial charge in [0.2, 0.25) is 0 Å². The number of aliphatic hydroxyl groups is 1. The SMILES string of the molecule is CCOC(=O)CC[C@H]1CCCCC1O. The van der Waals surface area contributed by atoms with Crippen LogP contribution < -0.4 is 0 Å². The lowest BCUT2D eigenvalue weighted by molar-refractivity contribution is -0.143. The molecular weight excluding hydrogens is 180 g/mol. The van der Waals surface area contributed by atoms with Crippen molar-refractivity contribution in [3.63, 3.8) is 0 Å². The highest BCUT2D eigenvalue weighted by molar-refractivity contribution is 5.69. The van der Waals surface area contributed by atoms with E-state index in [4.69, 9.17) is 4.74 Å². The number of ether oxygens (including phenoxy) is 1. The number of hydrogen-bond donors (Lipinski definition) is 1. The third-order valence-corrected chi connectivity index (χ3v) is 2.89. The highest BCUT2D eigenvalue weighted by atomic mass is 16.5. The van der Waals surface area contributed by atoms with Crippen molar-refractivity contribution in [1.82, 2.24) is 0 Å². The van der Waals surface area contributed by atoms with Crippen molar-refractivity contribution in [3.05, 3.63) is 0 Å². The van der Waals surface area contributed by atoms with E-state index in [9.17, 15) is 9.90 Å². The smallest absolute Gasteiger partial charge is 0.305 e. The average Bonchev–Trinajstić information content (AvgIpc) is 2.17. The van der Waals surface area contributed by atoms with Crippen LogP contribution in [0.2, 0.25) is 0 Å². The molecule has 0 amide bonds. The second-order valence-electron chi connectivity index (χ2n) is 3.96. The van der Waals surface area contributed by atoms with E-state index in [1.54, 1.807) is 0 Å². The van der Waals surface area contributed by atoms with Crippen LogP contribution in [-0.2, 0) is 9.53 Å². The van der Waals surface area contributed by atoms with Gasteiger partial charge in [-0.05, 0) is 32.1 Å².